The predicted octanol–water partition coefficient (Wildman–Crippen LogP) is 4.06. The van der Waals surface area contributed by atoms with Crippen molar-refractivity contribution < 1.29 is 23.6 Å². The average molecular weight is 392 g/mol. The van der Waals surface area contributed by atoms with E-state index in [-0.39, 0.29) is 22.7 Å². The smallest absolute Gasteiger partial charge is 0.301 e. The molecule has 1 fully saturated rings. The number of nitrogens with zero attached hydrogens (tertiary/aromatic N) is 2. The molecule has 1 aliphatic rings. The minimum Gasteiger partial charge on any atom is -0.507 e. The van der Waals surface area contributed by atoms with E-state index in [0.717, 1.165) is 5.56 Å². The number of aliphatic hydroxyl groups is 1. The van der Waals surface area contributed by atoms with Crippen LogP contribution in [0.4, 0.5) is 10.2 Å². The fourth-order valence-corrected chi connectivity index (χ4v) is 3.36. The topological polar surface area (TPSA) is 83.6 Å². The molecule has 1 unspecified atom stereocenters. The normalized spacial score (nSPS) is 18.4. The first-order valence-corrected chi connectivity index (χ1v) is 8.93. The van der Waals surface area contributed by atoms with Crippen molar-refractivity contribution in [2.75, 3.05) is 4.90 Å². The van der Waals surface area contributed by atoms with E-state index in [1.807, 2.05) is 19.1 Å². The summed E-state index contributed by atoms with van der Waals surface area (Å²) in [5, 5.41) is 14.7. The second-order valence-electron chi connectivity index (χ2n) is 6.88. The Balaban J connectivity index is 1.93. The van der Waals surface area contributed by atoms with E-state index < -0.39 is 23.5 Å². The molecular formula is C22H17FN2O4. The van der Waals surface area contributed by atoms with Gasteiger partial charge in [-0.25, -0.2) is 4.39 Å². The molecule has 0 spiro atoms. The Hall–Kier alpha value is -3.74. The van der Waals surface area contributed by atoms with E-state index >= 15 is 0 Å². The maximum Gasteiger partial charge on any atom is 0.301 e. The summed E-state index contributed by atoms with van der Waals surface area (Å²) in [6.45, 7) is 3.59. The van der Waals surface area contributed by atoms with E-state index in [9.17, 15) is 19.1 Å². The van der Waals surface area contributed by atoms with Crippen LogP contribution in [-0.2, 0) is 9.59 Å². The maximum absolute atomic E-state index is 13.3. The number of aromatic nitrogens is 1. The molecule has 0 saturated carbocycles. The molecule has 1 aliphatic heterocycles. The van der Waals surface area contributed by atoms with Crippen molar-refractivity contribution >= 4 is 23.3 Å². The maximum atomic E-state index is 13.3. The van der Waals surface area contributed by atoms with Gasteiger partial charge in [0.25, 0.3) is 5.78 Å². The van der Waals surface area contributed by atoms with E-state index in [1.54, 1.807) is 25.1 Å². The van der Waals surface area contributed by atoms with Gasteiger partial charge in [0.05, 0.1) is 11.6 Å². The number of amides is 1. The zero-order valence-electron chi connectivity index (χ0n) is 15.7. The molecule has 146 valence electrons. The lowest BCUT2D eigenvalue weighted by molar-refractivity contribution is -0.132. The highest BCUT2D eigenvalue weighted by Gasteiger charge is 2.48. The molecule has 1 saturated heterocycles. The van der Waals surface area contributed by atoms with Crippen LogP contribution in [0.15, 0.2) is 64.7 Å². The Kier molecular flexibility index (Phi) is 4.50. The lowest BCUT2D eigenvalue weighted by Crippen LogP contribution is -2.29. The first-order valence-electron chi connectivity index (χ1n) is 8.93. The molecule has 7 heteroatoms. The molecule has 2 heterocycles. The molecular weight excluding hydrogens is 375 g/mol. The van der Waals surface area contributed by atoms with Crippen molar-refractivity contribution in [3.05, 3.63) is 88.4 Å². The summed E-state index contributed by atoms with van der Waals surface area (Å²) in [5.74, 6) is -1.88. The van der Waals surface area contributed by atoms with E-state index in [4.69, 9.17) is 4.52 Å². The Labute approximate surface area is 165 Å². The number of hydrogen-bond acceptors (Lipinski definition) is 5. The van der Waals surface area contributed by atoms with Crippen molar-refractivity contribution in [1.29, 1.82) is 0 Å². The SMILES string of the molecule is Cc1ccc(C2/C(=C(\O)c3ccc(F)cc3)C(=O)C(=O)N2c2cc(C)on2)cc1. The van der Waals surface area contributed by atoms with Gasteiger partial charge >= 0.3 is 5.91 Å². The molecule has 3 aromatic rings. The summed E-state index contributed by atoms with van der Waals surface area (Å²) in [6.07, 6.45) is 0. The highest BCUT2D eigenvalue weighted by molar-refractivity contribution is 6.51. The third-order valence-electron chi connectivity index (χ3n) is 4.82. The number of benzene rings is 2. The highest BCUT2D eigenvalue weighted by atomic mass is 19.1. The van der Waals surface area contributed by atoms with Crippen LogP contribution in [0.5, 0.6) is 0 Å². The number of aliphatic hydroxyl groups excluding tert-OH is 1. The van der Waals surface area contributed by atoms with Gasteiger partial charge in [-0.2, -0.15) is 0 Å². The van der Waals surface area contributed by atoms with Crippen LogP contribution in [0.3, 0.4) is 0 Å². The lowest BCUT2D eigenvalue weighted by Gasteiger charge is -2.23. The summed E-state index contributed by atoms with van der Waals surface area (Å²) in [4.78, 5) is 26.9. The Bertz CT molecular complexity index is 1130. The fourth-order valence-electron chi connectivity index (χ4n) is 3.36. The molecule has 0 aliphatic carbocycles. The number of Topliss-reactive ketones (excluding diaryl/α,β-unsaturated/α-hetero) is 1. The number of rotatable bonds is 3. The molecule has 0 bridgehead atoms. The minimum atomic E-state index is -0.898. The van der Waals surface area contributed by atoms with Gasteiger partial charge in [-0.1, -0.05) is 35.0 Å². The summed E-state index contributed by atoms with van der Waals surface area (Å²) in [5.41, 5.74) is 1.77. The van der Waals surface area contributed by atoms with Gasteiger partial charge in [0.2, 0.25) is 0 Å². The van der Waals surface area contributed by atoms with Crippen LogP contribution in [0, 0.1) is 19.7 Å². The standard InChI is InChI=1S/C22H17FN2O4/c1-12-3-5-14(6-4-12)19-18(20(26)15-7-9-16(23)10-8-15)21(27)22(28)25(19)17-11-13(2)29-24-17/h3-11,19,26H,1-2H3/b20-18+. The summed E-state index contributed by atoms with van der Waals surface area (Å²) < 4.78 is 18.4. The molecule has 6 nitrogen and oxygen atoms in total. The van der Waals surface area contributed by atoms with Crippen molar-refractivity contribution in [3.8, 4) is 0 Å². The Morgan fingerprint density at radius 2 is 1.72 bits per heavy atom. The van der Waals surface area contributed by atoms with Gasteiger partial charge in [0, 0.05) is 11.6 Å². The van der Waals surface area contributed by atoms with Crippen molar-refractivity contribution in [1.82, 2.24) is 5.16 Å². The molecule has 1 aromatic heterocycles. The predicted molar refractivity (Wildman–Crippen MR) is 104 cm³/mol. The van der Waals surface area contributed by atoms with Crippen LogP contribution >= 0.6 is 0 Å². The van der Waals surface area contributed by atoms with Crippen LogP contribution < -0.4 is 4.90 Å². The molecule has 4 rings (SSSR count). The molecule has 1 atom stereocenters. The largest absolute Gasteiger partial charge is 0.507 e. The van der Waals surface area contributed by atoms with Gasteiger partial charge in [-0.05, 0) is 43.7 Å². The second-order valence-corrected chi connectivity index (χ2v) is 6.88. The van der Waals surface area contributed by atoms with Crippen molar-refractivity contribution in [2.24, 2.45) is 0 Å². The van der Waals surface area contributed by atoms with Gasteiger partial charge < -0.3 is 9.63 Å². The number of hydrogen-bond donors (Lipinski definition) is 1. The first-order chi connectivity index (χ1) is 13.9. The zero-order valence-corrected chi connectivity index (χ0v) is 15.7. The quantitative estimate of drug-likeness (QED) is 0.413. The molecule has 0 radical (unpaired) electrons. The minimum absolute atomic E-state index is 0.0916. The number of aryl methyl sites for hydroxylation is 2. The Morgan fingerprint density at radius 1 is 1.07 bits per heavy atom. The molecule has 2 aromatic carbocycles. The van der Waals surface area contributed by atoms with E-state index in [1.165, 1.54) is 29.2 Å². The van der Waals surface area contributed by atoms with Gasteiger partial charge in [0.15, 0.2) is 5.82 Å². The van der Waals surface area contributed by atoms with Crippen LogP contribution in [-0.4, -0.2) is 22.0 Å². The number of halogens is 1. The number of carbonyl (C=O) groups is 2. The van der Waals surface area contributed by atoms with E-state index in [2.05, 4.69) is 5.16 Å². The fraction of sp³-hybridized carbons (Fsp3) is 0.136. The highest BCUT2D eigenvalue weighted by Crippen LogP contribution is 2.41. The van der Waals surface area contributed by atoms with Crippen LogP contribution in [0.1, 0.15) is 28.5 Å². The van der Waals surface area contributed by atoms with Crippen molar-refractivity contribution in [2.45, 2.75) is 19.9 Å². The average Bonchev–Trinajstić information content (AvgIpc) is 3.24. The molecule has 29 heavy (non-hydrogen) atoms. The third kappa shape index (κ3) is 3.20. The zero-order chi connectivity index (χ0) is 20.7. The molecule has 1 N–H and O–H groups in total. The monoisotopic (exact) mass is 392 g/mol. The van der Waals surface area contributed by atoms with Crippen LogP contribution in [0.2, 0.25) is 0 Å². The molecule has 1 amide bonds. The Morgan fingerprint density at radius 3 is 2.31 bits per heavy atom. The van der Waals surface area contributed by atoms with Gasteiger partial charge in [-0.15, -0.1) is 0 Å². The number of carbonyl (C=O) groups excluding carboxylic acids is 2. The summed E-state index contributed by atoms with van der Waals surface area (Å²) in [6, 6.07) is 13.0. The summed E-state index contributed by atoms with van der Waals surface area (Å²) in [7, 11) is 0. The second kappa shape index (κ2) is 7.01. The van der Waals surface area contributed by atoms with Gasteiger partial charge in [0.1, 0.15) is 17.3 Å². The number of ketones is 1. The van der Waals surface area contributed by atoms with Crippen molar-refractivity contribution in [3.63, 3.8) is 0 Å². The summed E-state index contributed by atoms with van der Waals surface area (Å²) >= 11 is 0. The van der Waals surface area contributed by atoms with Gasteiger partial charge in [-0.3, -0.25) is 14.5 Å². The van der Waals surface area contributed by atoms with Crippen LogP contribution in [0.25, 0.3) is 5.76 Å². The van der Waals surface area contributed by atoms with E-state index in [0.29, 0.717) is 11.3 Å². The number of anilines is 1. The lowest BCUT2D eigenvalue weighted by atomic mass is 9.95. The first kappa shape index (κ1) is 18.6. The third-order valence-corrected chi connectivity index (χ3v) is 4.82.